The van der Waals surface area contributed by atoms with Gasteiger partial charge >= 0.3 is 0 Å². The summed E-state index contributed by atoms with van der Waals surface area (Å²) in [5.41, 5.74) is 4.22. The molecule has 0 bridgehead atoms. The van der Waals surface area contributed by atoms with Crippen molar-refractivity contribution in [2.75, 3.05) is 26.3 Å². The molecule has 3 heterocycles. The first-order chi connectivity index (χ1) is 14.8. The zero-order valence-electron chi connectivity index (χ0n) is 17.0. The van der Waals surface area contributed by atoms with E-state index in [1.807, 2.05) is 35.4 Å². The van der Waals surface area contributed by atoms with Crippen molar-refractivity contribution < 1.29 is 13.9 Å². The molecule has 2 aromatic heterocycles. The molecule has 2 aromatic carbocycles. The van der Waals surface area contributed by atoms with E-state index in [1.165, 1.54) is 10.9 Å². The van der Waals surface area contributed by atoms with Gasteiger partial charge in [-0.2, -0.15) is 0 Å². The minimum absolute atomic E-state index is 0.111. The largest absolute Gasteiger partial charge is 0.464 e. The summed E-state index contributed by atoms with van der Waals surface area (Å²) in [5, 5.41) is 2.25. The molecule has 5 heteroatoms. The van der Waals surface area contributed by atoms with Crippen LogP contribution in [0.15, 0.2) is 65.4 Å². The number of furan rings is 1. The highest BCUT2D eigenvalue weighted by Gasteiger charge is 2.22. The number of para-hydroxylation sites is 1. The van der Waals surface area contributed by atoms with Gasteiger partial charge in [0.1, 0.15) is 5.58 Å². The van der Waals surface area contributed by atoms with Gasteiger partial charge in [-0.1, -0.05) is 30.3 Å². The van der Waals surface area contributed by atoms with E-state index < -0.39 is 0 Å². The van der Waals surface area contributed by atoms with Crippen LogP contribution in [0.3, 0.4) is 0 Å². The number of nitrogens with zero attached hydrogens (tertiary/aromatic N) is 2. The predicted octanol–water partition coefficient (Wildman–Crippen LogP) is 4.88. The average molecular weight is 402 g/mol. The lowest BCUT2D eigenvalue weighted by Gasteiger charge is -2.26. The molecule has 1 fully saturated rings. The second kappa shape index (κ2) is 8.36. The van der Waals surface area contributed by atoms with Crippen LogP contribution in [0, 0.1) is 0 Å². The molecular formula is C25H26N2O3. The summed E-state index contributed by atoms with van der Waals surface area (Å²) in [6.07, 6.45) is 6.96. The van der Waals surface area contributed by atoms with Crippen molar-refractivity contribution in [2.24, 2.45) is 0 Å². The van der Waals surface area contributed by atoms with Crippen LogP contribution >= 0.6 is 0 Å². The number of aromatic nitrogens is 1. The van der Waals surface area contributed by atoms with E-state index in [-0.39, 0.29) is 5.91 Å². The molecule has 0 aliphatic carbocycles. The first-order valence-corrected chi connectivity index (χ1v) is 10.7. The average Bonchev–Trinajstić information content (AvgIpc) is 3.42. The van der Waals surface area contributed by atoms with Crippen molar-refractivity contribution in [3.05, 3.63) is 72.1 Å². The topological polar surface area (TPSA) is 47.6 Å². The third kappa shape index (κ3) is 3.61. The van der Waals surface area contributed by atoms with Crippen molar-refractivity contribution >= 4 is 27.8 Å². The minimum atomic E-state index is 0.111. The molecule has 0 saturated carbocycles. The Morgan fingerprint density at radius 3 is 2.70 bits per heavy atom. The Bertz CT molecular complexity index is 1170. The van der Waals surface area contributed by atoms with E-state index in [0.29, 0.717) is 26.3 Å². The van der Waals surface area contributed by atoms with Crippen molar-refractivity contribution in [3.63, 3.8) is 0 Å². The van der Waals surface area contributed by atoms with E-state index in [2.05, 4.69) is 28.8 Å². The SMILES string of the molecule is O=C(c1cn(CCCCc2cccc3occc23)c2ccccc12)N1CCOCC1. The Balaban J connectivity index is 1.30. The highest BCUT2D eigenvalue weighted by molar-refractivity contribution is 6.07. The number of hydrogen-bond donors (Lipinski definition) is 0. The fourth-order valence-corrected chi connectivity index (χ4v) is 4.41. The van der Waals surface area contributed by atoms with Crippen LogP contribution in [0.5, 0.6) is 0 Å². The van der Waals surface area contributed by atoms with Crippen molar-refractivity contribution in [3.8, 4) is 0 Å². The number of carbonyl (C=O) groups excluding carboxylic acids is 1. The number of aryl methyl sites for hydroxylation is 2. The Morgan fingerprint density at radius 2 is 1.80 bits per heavy atom. The van der Waals surface area contributed by atoms with E-state index in [9.17, 15) is 4.79 Å². The molecule has 1 aliphatic heterocycles. The molecule has 0 atom stereocenters. The van der Waals surface area contributed by atoms with Crippen LogP contribution in [0.4, 0.5) is 0 Å². The fourth-order valence-electron chi connectivity index (χ4n) is 4.41. The monoisotopic (exact) mass is 402 g/mol. The van der Waals surface area contributed by atoms with Crippen molar-refractivity contribution in [1.29, 1.82) is 0 Å². The molecule has 30 heavy (non-hydrogen) atoms. The number of morpholine rings is 1. The molecule has 1 amide bonds. The zero-order valence-corrected chi connectivity index (χ0v) is 17.0. The zero-order chi connectivity index (χ0) is 20.3. The van der Waals surface area contributed by atoms with Crippen molar-refractivity contribution in [1.82, 2.24) is 9.47 Å². The molecule has 4 aromatic rings. The minimum Gasteiger partial charge on any atom is -0.464 e. The number of ether oxygens (including phenoxy) is 1. The Morgan fingerprint density at radius 1 is 0.933 bits per heavy atom. The van der Waals surface area contributed by atoms with Gasteiger partial charge in [-0.05, 0) is 43.0 Å². The van der Waals surface area contributed by atoms with Crippen molar-refractivity contribution in [2.45, 2.75) is 25.8 Å². The van der Waals surface area contributed by atoms with Gasteiger partial charge in [-0.3, -0.25) is 4.79 Å². The lowest BCUT2D eigenvalue weighted by molar-refractivity contribution is 0.0304. The van der Waals surface area contributed by atoms with Crippen LogP contribution in [-0.2, 0) is 17.7 Å². The predicted molar refractivity (Wildman–Crippen MR) is 118 cm³/mol. The maximum absolute atomic E-state index is 13.1. The number of unbranched alkanes of at least 4 members (excludes halogenated alkanes) is 1. The number of hydrogen-bond acceptors (Lipinski definition) is 3. The second-order valence-electron chi connectivity index (χ2n) is 7.86. The van der Waals surface area contributed by atoms with Crippen LogP contribution in [0.2, 0.25) is 0 Å². The Hall–Kier alpha value is -3.05. The van der Waals surface area contributed by atoms with E-state index in [0.717, 1.165) is 47.9 Å². The molecular weight excluding hydrogens is 376 g/mol. The molecule has 154 valence electrons. The van der Waals surface area contributed by atoms with Gasteiger partial charge in [-0.25, -0.2) is 0 Å². The van der Waals surface area contributed by atoms with Gasteiger partial charge in [0, 0.05) is 42.1 Å². The standard InChI is InChI=1S/C25H26N2O3/c28-25(26-13-16-29-17-14-26)22-18-27(23-9-2-1-8-21(22)23)12-4-3-6-19-7-5-10-24-20(19)11-15-30-24/h1-2,5,7-11,15,18H,3-4,6,12-14,16-17H2. The fraction of sp³-hybridized carbons (Fsp3) is 0.320. The lowest BCUT2D eigenvalue weighted by atomic mass is 10.0. The third-order valence-corrected chi connectivity index (χ3v) is 6.00. The summed E-state index contributed by atoms with van der Waals surface area (Å²) in [7, 11) is 0. The van der Waals surface area contributed by atoms with Gasteiger partial charge in [0.25, 0.3) is 5.91 Å². The van der Waals surface area contributed by atoms with Gasteiger partial charge in [0.15, 0.2) is 0 Å². The number of fused-ring (bicyclic) bond motifs is 2. The summed E-state index contributed by atoms with van der Waals surface area (Å²) >= 11 is 0. The molecule has 0 radical (unpaired) electrons. The third-order valence-electron chi connectivity index (χ3n) is 6.00. The second-order valence-corrected chi connectivity index (χ2v) is 7.86. The van der Waals surface area contributed by atoms with Gasteiger partial charge in [0.2, 0.25) is 0 Å². The Labute approximate surface area is 175 Å². The number of amides is 1. The van der Waals surface area contributed by atoms with Gasteiger partial charge in [-0.15, -0.1) is 0 Å². The smallest absolute Gasteiger partial charge is 0.256 e. The number of carbonyl (C=O) groups is 1. The molecule has 5 nitrogen and oxygen atoms in total. The summed E-state index contributed by atoms with van der Waals surface area (Å²) < 4.78 is 13.1. The summed E-state index contributed by atoms with van der Waals surface area (Å²) in [6, 6.07) is 16.5. The highest BCUT2D eigenvalue weighted by atomic mass is 16.5. The first-order valence-electron chi connectivity index (χ1n) is 10.7. The Kier molecular flexibility index (Phi) is 5.28. The molecule has 5 rings (SSSR count). The number of rotatable bonds is 6. The van der Waals surface area contributed by atoms with E-state index in [4.69, 9.17) is 9.15 Å². The van der Waals surface area contributed by atoms with Crippen LogP contribution < -0.4 is 0 Å². The van der Waals surface area contributed by atoms with E-state index in [1.54, 1.807) is 6.26 Å². The normalized spacial score (nSPS) is 14.6. The maximum atomic E-state index is 13.1. The maximum Gasteiger partial charge on any atom is 0.256 e. The quantitative estimate of drug-likeness (QED) is 0.432. The molecule has 0 unspecified atom stereocenters. The summed E-state index contributed by atoms with van der Waals surface area (Å²) in [4.78, 5) is 15.0. The molecule has 1 aliphatic rings. The molecule has 0 spiro atoms. The first kappa shape index (κ1) is 18.9. The lowest BCUT2D eigenvalue weighted by Crippen LogP contribution is -2.40. The number of benzene rings is 2. The summed E-state index contributed by atoms with van der Waals surface area (Å²) in [5.74, 6) is 0.111. The van der Waals surface area contributed by atoms with Gasteiger partial charge in [0.05, 0.1) is 25.0 Å². The van der Waals surface area contributed by atoms with Gasteiger partial charge < -0.3 is 18.6 Å². The summed E-state index contributed by atoms with van der Waals surface area (Å²) in [6.45, 7) is 3.47. The molecule has 1 saturated heterocycles. The van der Waals surface area contributed by atoms with Crippen LogP contribution in [0.25, 0.3) is 21.9 Å². The molecule has 0 N–H and O–H groups in total. The van der Waals surface area contributed by atoms with E-state index >= 15 is 0 Å². The highest BCUT2D eigenvalue weighted by Crippen LogP contribution is 2.25. The van der Waals surface area contributed by atoms with Crippen LogP contribution in [-0.4, -0.2) is 41.7 Å². The van der Waals surface area contributed by atoms with Crippen LogP contribution in [0.1, 0.15) is 28.8 Å².